The van der Waals surface area contributed by atoms with Crippen molar-refractivity contribution in [3.8, 4) is 0 Å². The third kappa shape index (κ3) is 6.33. The van der Waals surface area contributed by atoms with Crippen LogP contribution >= 0.6 is 0 Å². The number of hydrogen-bond acceptors (Lipinski definition) is 5. The molecule has 1 aliphatic heterocycles. The largest absolute Gasteiger partial charge is 0.456 e. The van der Waals surface area contributed by atoms with Crippen LogP contribution in [0.5, 0.6) is 0 Å². The molecule has 0 unspecified atom stereocenters. The highest BCUT2D eigenvalue weighted by Crippen LogP contribution is 2.36. The number of carbonyl (C=O) groups is 2. The van der Waals surface area contributed by atoms with E-state index >= 15 is 0 Å². The van der Waals surface area contributed by atoms with Crippen molar-refractivity contribution >= 4 is 12.1 Å². The number of hydrogen-bond donors (Lipinski definition) is 0. The third-order valence-electron chi connectivity index (χ3n) is 4.69. The third-order valence-corrected chi connectivity index (χ3v) is 4.69. The molecule has 3 atom stereocenters. The van der Waals surface area contributed by atoms with Crippen molar-refractivity contribution in [3.05, 3.63) is 71.3 Å². The van der Waals surface area contributed by atoms with Crippen molar-refractivity contribution in [1.82, 2.24) is 5.06 Å². The van der Waals surface area contributed by atoms with E-state index in [1.807, 2.05) is 30.3 Å². The molecule has 2 aromatic carbocycles. The molecule has 0 bridgehead atoms. The molecule has 0 N–H and O–H groups in total. The van der Waals surface area contributed by atoms with Crippen LogP contribution in [0.1, 0.15) is 76.9 Å². The summed E-state index contributed by atoms with van der Waals surface area (Å²) in [6.45, 7) is 10.7. The molecule has 3 rings (SSSR count). The average Bonchev–Trinajstić information content (AvgIpc) is 3.17. The second-order valence-corrected chi connectivity index (χ2v) is 9.87. The fourth-order valence-corrected chi connectivity index (χ4v) is 3.43. The normalized spacial score (nSPS) is 20.4. The van der Waals surface area contributed by atoms with Crippen LogP contribution in [0.4, 0.5) is 4.79 Å². The van der Waals surface area contributed by atoms with Gasteiger partial charge >= 0.3 is 12.1 Å². The van der Waals surface area contributed by atoms with E-state index in [1.54, 1.807) is 65.8 Å². The van der Waals surface area contributed by atoms with Crippen LogP contribution in [0.2, 0.25) is 0 Å². The van der Waals surface area contributed by atoms with Crippen LogP contribution in [0, 0.1) is 0 Å². The molecule has 6 heteroatoms. The Hall–Kier alpha value is -2.86. The summed E-state index contributed by atoms with van der Waals surface area (Å²) >= 11 is 0. The van der Waals surface area contributed by atoms with Gasteiger partial charge in [0.15, 0.2) is 0 Å². The number of benzene rings is 2. The Morgan fingerprint density at radius 1 is 0.969 bits per heavy atom. The SMILES string of the molecule is [2H][C@H](c1ccccc1C(=O)OC(C)(C)C)[C@H]1C[C@@H](c2ccccc2)ON1C(=O)OC(C)(C)C. The summed E-state index contributed by atoms with van der Waals surface area (Å²) in [4.78, 5) is 31.9. The summed E-state index contributed by atoms with van der Waals surface area (Å²) in [5.41, 5.74) is 0.296. The fourth-order valence-electron chi connectivity index (χ4n) is 3.43. The van der Waals surface area contributed by atoms with Crippen LogP contribution < -0.4 is 0 Å². The smallest absolute Gasteiger partial charge is 0.434 e. The van der Waals surface area contributed by atoms with E-state index in [9.17, 15) is 9.59 Å². The van der Waals surface area contributed by atoms with Gasteiger partial charge in [0, 0.05) is 7.79 Å². The molecule has 1 amide bonds. The van der Waals surface area contributed by atoms with Crippen LogP contribution in [-0.2, 0) is 20.7 Å². The van der Waals surface area contributed by atoms with Gasteiger partial charge in [0.1, 0.15) is 17.3 Å². The molecule has 6 nitrogen and oxygen atoms in total. The van der Waals surface area contributed by atoms with Crippen LogP contribution in [0.3, 0.4) is 0 Å². The highest BCUT2D eigenvalue weighted by molar-refractivity contribution is 5.91. The van der Waals surface area contributed by atoms with E-state index in [2.05, 4.69) is 0 Å². The Morgan fingerprint density at radius 3 is 2.19 bits per heavy atom. The molecule has 1 fully saturated rings. The lowest BCUT2D eigenvalue weighted by atomic mass is 9.95. The Morgan fingerprint density at radius 2 is 1.56 bits per heavy atom. The topological polar surface area (TPSA) is 65.1 Å². The first-order valence-electron chi connectivity index (χ1n) is 11.4. The Labute approximate surface area is 191 Å². The van der Waals surface area contributed by atoms with E-state index in [0.29, 0.717) is 17.5 Å². The van der Waals surface area contributed by atoms with Crippen molar-refractivity contribution in [2.45, 2.75) is 77.7 Å². The standard InChI is InChI=1S/C26H33NO5/c1-25(2,3)30-23(28)21-15-11-10-14-19(21)16-20-17-22(18-12-8-7-9-13-18)32-27(20)24(29)31-26(4,5)6/h7-15,20,22H,16-17H2,1-6H3/t20-,22-/m0/s1/i16D/t16-,20+,22+/m1. The molecule has 0 radical (unpaired) electrons. The molecule has 1 heterocycles. The molecule has 1 saturated heterocycles. The van der Waals surface area contributed by atoms with Gasteiger partial charge in [0.05, 0.1) is 11.6 Å². The number of carbonyl (C=O) groups excluding carboxylic acids is 2. The first-order valence-corrected chi connectivity index (χ1v) is 10.8. The van der Waals surface area contributed by atoms with Gasteiger partial charge < -0.3 is 9.47 Å². The molecule has 0 saturated carbocycles. The van der Waals surface area contributed by atoms with E-state index in [0.717, 1.165) is 10.6 Å². The molecular formula is C26H33NO5. The predicted molar refractivity (Wildman–Crippen MR) is 122 cm³/mol. The van der Waals surface area contributed by atoms with Gasteiger partial charge in [0.2, 0.25) is 0 Å². The van der Waals surface area contributed by atoms with Gasteiger partial charge in [-0.25, -0.2) is 9.59 Å². The minimum atomic E-state index is -0.949. The molecule has 172 valence electrons. The predicted octanol–water partition coefficient (Wildman–Crippen LogP) is 5.87. The van der Waals surface area contributed by atoms with E-state index < -0.39 is 41.8 Å². The van der Waals surface area contributed by atoms with Gasteiger partial charge in [-0.2, -0.15) is 5.06 Å². The molecule has 0 aliphatic carbocycles. The molecule has 2 aromatic rings. The van der Waals surface area contributed by atoms with Crippen LogP contribution in [-0.4, -0.2) is 34.4 Å². The minimum Gasteiger partial charge on any atom is -0.456 e. The lowest BCUT2D eigenvalue weighted by Gasteiger charge is -2.27. The maximum Gasteiger partial charge on any atom is 0.434 e. The Bertz CT molecular complexity index is 980. The van der Waals surface area contributed by atoms with E-state index in [4.69, 9.17) is 15.7 Å². The summed E-state index contributed by atoms with van der Waals surface area (Å²) in [6.07, 6.45) is -1.63. The Balaban J connectivity index is 1.94. The zero-order valence-corrected chi connectivity index (χ0v) is 19.6. The van der Waals surface area contributed by atoms with Crippen molar-refractivity contribution in [2.75, 3.05) is 0 Å². The summed E-state index contributed by atoms with van der Waals surface area (Å²) in [5, 5.41) is 1.16. The molecule has 32 heavy (non-hydrogen) atoms. The van der Waals surface area contributed by atoms with Crippen molar-refractivity contribution in [1.29, 1.82) is 0 Å². The quantitative estimate of drug-likeness (QED) is 0.557. The summed E-state index contributed by atoms with van der Waals surface area (Å²) in [6, 6.07) is 15.8. The highest BCUT2D eigenvalue weighted by atomic mass is 16.7. The summed E-state index contributed by atoms with van der Waals surface area (Å²) in [5.74, 6) is -0.502. The summed E-state index contributed by atoms with van der Waals surface area (Å²) < 4.78 is 20.1. The number of nitrogens with zero attached hydrogens (tertiary/aromatic N) is 1. The monoisotopic (exact) mass is 440 g/mol. The van der Waals surface area contributed by atoms with E-state index in [1.165, 1.54) is 0 Å². The molecule has 0 aromatic heterocycles. The van der Waals surface area contributed by atoms with Crippen molar-refractivity contribution < 1.29 is 25.3 Å². The van der Waals surface area contributed by atoms with Gasteiger partial charge in [-0.1, -0.05) is 48.5 Å². The maximum atomic E-state index is 13.0. The molecular weight excluding hydrogens is 406 g/mol. The lowest BCUT2D eigenvalue weighted by Crippen LogP contribution is -2.40. The number of hydroxylamine groups is 2. The second kappa shape index (κ2) is 9.33. The Kier molecular flexibility index (Phi) is 6.51. The zero-order chi connectivity index (χ0) is 24.4. The van der Waals surface area contributed by atoms with Gasteiger partial charge in [-0.15, -0.1) is 0 Å². The molecule has 1 aliphatic rings. The van der Waals surface area contributed by atoms with Crippen LogP contribution in [0.25, 0.3) is 0 Å². The van der Waals surface area contributed by atoms with Crippen molar-refractivity contribution in [3.63, 3.8) is 0 Å². The summed E-state index contributed by atoms with van der Waals surface area (Å²) in [7, 11) is 0. The first kappa shape index (κ1) is 22.3. The molecule has 0 spiro atoms. The van der Waals surface area contributed by atoms with Gasteiger partial charge in [0.25, 0.3) is 0 Å². The van der Waals surface area contributed by atoms with Crippen LogP contribution in [0.15, 0.2) is 54.6 Å². The maximum absolute atomic E-state index is 13.0. The van der Waals surface area contributed by atoms with E-state index in [-0.39, 0.29) is 0 Å². The number of amides is 1. The highest BCUT2D eigenvalue weighted by Gasteiger charge is 2.40. The van der Waals surface area contributed by atoms with Crippen molar-refractivity contribution in [2.24, 2.45) is 0 Å². The van der Waals surface area contributed by atoms with Gasteiger partial charge in [-0.3, -0.25) is 4.84 Å². The zero-order valence-electron chi connectivity index (χ0n) is 20.6. The van der Waals surface area contributed by atoms with Gasteiger partial charge in [-0.05, 0) is 65.1 Å². The number of ether oxygens (including phenoxy) is 2. The average molecular weight is 441 g/mol. The second-order valence-electron chi connectivity index (χ2n) is 9.87. The minimum absolute atomic E-state index is 0.305. The number of esters is 1. The fraction of sp³-hybridized carbons (Fsp3) is 0.462. The lowest BCUT2D eigenvalue weighted by molar-refractivity contribution is -0.151. The number of rotatable bonds is 4. The first-order chi connectivity index (χ1) is 15.4.